The highest BCUT2D eigenvalue weighted by molar-refractivity contribution is 9.10. The van der Waals surface area contributed by atoms with Crippen LogP contribution < -0.4 is 4.74 Å². The average molecular weight is 235 g/mol. The van der Waals surface area contributed by atoms with Gasteiger partial charge in [0.15, 0.2) is 0 Å². The van der Waals surface area contributed by atoms with E-state index >= 15 is 0 Å². The molecule has 4 nitrogen and oxygen atoms in total. The summed E-state index contributed by atoms with van der Waals surface area (Å²) in [6.07, 6.45) is 1.26. The highest BCUT2D eigenvalue weighted by Gasteiger charge is 2.11. The summed E-state index contributed by atoms with van der Waals surface area (Å²) in [5, 5.41) is 8.76. The number of aromatic carboxylic acids is 1. The van der Waals surface area contributed by atoms with Crippen LogP contribution in [-0.4, -0.2) is 23.1 Å². The third-order valence-corrected chi connectivity index (χ3v) is 1.58. The molecule has 12 heavy (non-hydrogen) atoms. The molecule has 64 valence electrons. The largest absolute Gasteiger partial charge is 0.480 e. The lowest BCUT2D eigenvalue weighted by Crippen LogP contribution is -2.01. The first-order chi connectivity index (χ1) is 6.79. The Hall–Kier alpha value is -1.10. The van der Waals surface area contributed by atoms with Crippen molar-refractivity contribution in [3.05, 3.63) is 22.3 Å². The normalized spacial score (nSPS) is 14.2. The van der Waals surface area contributed by atoms with Gasteiger partial charge in [-0.15, -0.1) is 0 Å². The minimum absolute atomic E-state index is 0.305. The molecule has 1 aromatic heterocycles. The summed E-state index contributed by atoms with van der Waals surface area (Å²) in [6.45, 7) is 0. The summed E-state index contributed by atoms with van der Waals surface area (Å²) in [7, 11) is -2.72. The van der Waals surface area contributed by atoms with Gasteiger partial charge in [-0.2, -0.15) is 0 Å². The first kappa shape index (κ1) is 5.53. The zero-order valence-electron chi connectivity index (χ0n) is 8.74. The van der Waals surface area contributed by atoms with Gasteiger partial charge in [0.05, 0.1) is 11.2 Å². The second-order valence-corrected chi connectivity index (χ2v) is 2.83. The van der Waals surface area contributed by atoms with E-state index in [-0.39, 0.29) is 5.56 Å². The van der Waals surface area contributed by atoms with E-state index in [1.807, 2.05) is 0 Å². The van der Waals surface area contributed by atoms with E-state index < -0.39 is 18.9 Å². The Balaban J connectivity index is 3.12. The summed E-state index contributed by atoms with van der Waals surface area (Å²) >= 11 is 3.02. The summed E-state index contributed by atoms with van der Waals surface area (Å²) in [4.78, 5) is 14.3. The maximum atomic E-state index is 10.7. The molecule has 0 aliphatic heterocycles. The fourth-order valence-corrected chi connectivity index (χ4v) is 0.993. The van der Waals surface area contributed by atoms with Crippen molar-refractivity contribution in [2.75, 3.05) is 7.04 Å². The van der Waals surface area contributed by atoms with Gasteiger partial charge in [0.25, 0.3) is 0 Å². The summed E-state index contributed by atoms with van der Waals surface area (Å²) in [6, 6.07) is 1.22. The van der Waals surface area contributed by atoms with E-state index in [0.717, 1.165) is 0 Å². The van der Waals surface area contributed by atoms with Gasteiger partial charge in [0.1, 0.15) is 5.56 Å². The number of carboxylic acids is 1. The molecule has 0 saturated heterocycles. The fourth-order valence-electron chi connectivity index (χ4n) is 0.661. The molecular weight excluding hydrogens is 226 g/mol. The van der Waals surface area contributed by atoms with Gasteiger partial charge in [-0.1, -0.05) is 0 Å². The number of rotatable bonds is 2. The number of nitrogens with zero attached hydrogens (tertiary/aromatic N) is 1. The standard InChI is InChI=1S/C7H6BrNO3/c1-12-6-5(7(10)11)2-4(8)3-9-6/h2-3H,1H3,(H,10,11)/i1D3. The van der Waals surface area contributed by atoms with Crippen LogP contribution >= 0.6 is 15.9 Å². The third kappa shape index (κ3) is 1.73. The monoisotopic (exact) mass is 234 g/mol. The smallest absolute Gasteiger partial charge is 0.341 e. The molecule has 0 aromatic carbocycles. The molecule has 0 radical (unpaired) electrons. The topological polar surface area (TPSA) is 59.4 Å². The molecule has 5 heteroatoms. The maximum absolute atomic E-state index is 10.7. The molecule has 0 unspecified atom stereocenters. The number of halogens is 1. The molecule has 0 atom stereocenters. The molecule has 0 aliphatic carbocycles. The second-order valence-electron chi connectivity index (χ2n) is 1.91. The predicted octanol–water partition coefficient (Wildman–Crippen LogP) is 1.55. The van der Waals surface area contributed by atoms with E-state index in [2.05, 4.69) is 25.7 Å². The second kappa shape index (κ2) is 3.53. The number of hydrogen-bond donors (Lipinski definition) is 1. The summed E-state index contributed by atoms with van der Waals surface area (Å²) in [5.41, 5.74) is -0.305. The molecule has 0 aliphatic rings. The molecule has 1 N–H and O–H groups in total. The predicted molar refractivity (Wildman–Crippen MR) is 45.4 cm³/mol. The lowest BCUT2D eigenvalue weighted by atomic mass is 10.3. The molecule has 0 fully saturated rings. The van der Waals surface area contributed by atoms with Crippen LogP contribution in [0.5, 0.6) is 5.88 Å². The van der Waals surface area contributed by atoms with Crippen molar-refractivity contribution in [1.82, 2.24) is 4.98 Å². The molecule has 1 heterocycles. The molecular formula is C7H6BrNO3. The lowest BCUT2D eigenvalue weighted by Gasteiger charge is -2.02. The van der Waals surface area contributed by atoms with Gasteiger partial charge in [-0.05, 0) is 22.0 Å². The summed E-state index contributed by atoms with van der Waals surface area (Å²) < 4.78 is 25.3. The Morgan fingerprint density at radius 1 is 1.92 bits per heavy atom. The maximum Gasteiger partial charge on any atom is 0.341 e. The third-order valence-electron chi connectivity index (χ3n) is 1.14. The number of hydrogen-bond acceptors (Lipinski definition) is 3. The molecule has 0 saturated carbocycles. The minimum Gasteiger partial charge on any atom is -0.480 e. The van der Waals surface area contributed by atoms with E-state index in [1.54, 1.807) is 0 Å². The Morgan fingerprint density at radius 3 is 3.25 bits per heavy atom. The Kier molecular flexibility index (Phi) is 1.63. The highest BCUT2D eigenvalue weighted by Crippen LogP contribution is 2.19. The van der Waals surface area contributed by atoms with Crippen LogP contribution in [0.1, 0.15) is 14.5 Å². The SMILES string of the molecule is [2H]C([2H])([2H])Oc1ncc(Br)cc1C(=O)O. The van der Waals surface area contributed by atoms with Crippen LogP contribution in [0.4, 0.5) is 0 Å². The number of pyridine rings is 1. The quantitative estimate of drug-likeness (QED) is 0.844. The van der Waals surface area contributed by atoms with Gasteiger partial charge < -0.3 is 9.84 Å². The van der Waals surface area contributed by atoms with Gasteiger partial charge in [0, 0.05) is 10.7 Å². The highest BCUT2D eigenvalue weighted by atomic mass is 79.9. The average Bonchev–Trinajstić information content (AvgIpc) is 2.05. The van der Waals surface area contributed by atoms with Crippen LogP contribution in [0, 0.1) is 0 Å². The van der Waals surface area contributed by atoms with Crippen molar-refractivity contribution in [1.29, 1.82) is 0 Å². The molecule has 1 rings (SSSR count). The van der Waals surface area contributed by atoms with Crippen molar-refractivity contribution < 1.29 is 18.8 Å². The number of carbonyl (C=O) groups is 1. The van der Waals surface area contributed by atoms with E-state index in [9.17, 15) is 4.79 Å². The van der Waals surface area contributed by atoms with Crippen LogP contribution in [0.25, 0.3) is 0 Å². The number of methoxy groups -OCH3 is 1. The van der Waals surface area contributed by atoms with Gasteiger partial charge in [-0.3, -0.25) is 0 Å². The zero-order valence-corrected chi connectivity index (χ0v) is 7.33. The zero-order chi connectivity index (χ0) is 11.6. The van der Waals surface area contributed by atoms with Crippen LogP contribution in [-0.2, 0) is 0 Å². The molecule has 0 bridgehead atoms. The number of aromatic nitrogens is 1. The first-order valence-corrected chi connectivity index (χ1v) is 3.67. The van der Waals surface area contributed by atoms with Crippen molar-refractivity contribution in [2.24, 2.45) is 0 Å². The van der Waals surface area contributed by atoms with E-state index in [0.29, 0.717) is 4.47 Å². The molecule has 1 aromatic rings. The first-order valence-electron chi connectivity index (χ1n) is 4.37. The van der Waals surface area contributed by atoms with E-state index in [4.69, 9.17) is 9.22 Å². The fraction of sp³-hybridized carbons (Fsp3) is 0.143. The van der Waals surface area contributed by atoms with Gasteiger partial charge >= 0.3 is 5.97 Å². The van der Waals surface area contributed by atoms with Gasteiger partial charge in [-0.25, -0.2) is 9.78 Å². The van der Waals surface area contributed by atoms with Crippen molar-refractivity contribution >= 4 is 21.9 Å². The number of carboxylic acid groups (broad SMARTS) is 1. The summed E-state index contributed by atoms with van der Waals surface area (Å²) in [5.74, 6) is -1.73. The van der Waals surface area contributed by atoms with Crippen molar-refractivity contribution in [3.8, 4) is 5.88 Å². The minimum atomic E-state index is -2.72. The van der Waals surface area contributed by atoms with Crippen molar-refractivity contribution in [2.45, 2.75) is 0 Å². The molecule has 0 spiro atoms. The van der Waals surface area contributed by atoms with Crippen LogP contribution in [0.3, 0.4) is 0 Å². The Labute approximate surface area is 81.5 Å². The van der Waals surface area contributed by atoms with Gasteiger partial charge in [0.2, 0.25) is 5.88 Å². The number of ether oxygens (including phenoxy) is 1. The van der Waals surface area contributed by atoms with Crippen molar-refractivity contribution in [3.63, 3.8) is 0 Å². The van der Waals surface area contributed by atoms with E-state index in [1.165, 1.54) is 12.3 Å². The molecule has 0 amide bonds. The Morgan fingerprint density at radius 2 is 2.67 bits per heavy atom. The van der Waals surface area contributed by atoms with Crippen LogP contribution in [0.15, 0.2) is 16.7 Å². The lowest BCUT2D eigenvalue weighted by molar-refractivity contribution is 0.0692. The Bertz CT molecular complexity index is 394. The van der Waals surface area contributed by atoms with Crippen LogP contribution in [0.2, 0.25) is 0 Å².